The topological polar surface area (TPSA) is 13.0 Å². The first-order valence-electron chi connectivity index (χ1n) is 9.15. The van der Waals surface area contributed by atoms with Crippen molar-refractivity contribution in [3.05, 3.63) is 22.7 Å². The zero-order chi connectivity index (χ0) is 18.3. The quantitative estimate of drug-likeness (QED) is 0.433. The fourth-order valence-corrected chi connectivity index (χ4v) is 7.93. The Balaban J connectivity index is 3.04. The van der Waals surface area contributed by atoms with Crippen LogP contribution >= 0.6 is 8.22 Å². The fourth-order valence-electron chi connectivity index (χ4n) is 2.96. The van der Waals surface area contributed by atoms with E-state index in [1.165, 1.54) is 12.8 Å². The lowest BCUT2D eigenvalue weighted by Crippen LogP contribution is -2.33. The molecule has 0 amide bonds. The van der Waals surface area contributed by atoms with E-state index in [-0.39, 0.29) is 0 Å². The summed E-state index contributed by atoms with van der Waals surface area (Å²) in [4.78, 5) is 4.57. The van der Waals surface area contributed by atoms with E-state index in [9.17, 15) is 0 Å². The Bertz CT molecular complexity index is 417. The van der Waals surface area contributed by atoms with Crippen LogP contribution in [0.15, 0.2) is 22.7 Å². The van der Waals surface area contributed by atoms with Crippen LogP contribution in [0.3, 0.4) is 0 Å². The molecule has 1 aliphatic carbocycles. The zero-order valence-electron chi connectivity index (χ0n) is 17.2. The summed E-state index contributed by atoms with van der Waals surface area (Å²) in [5.41, 5.74) is 0. The molecule has 24 heavy (non-hydrogen) atoms. The van der Waals surface area contributed by atoms with E-state index in [0.29, 0.717) is 0 Å². The minimum Gasteiger partial charge on any atom is -0.308 e. The fraction of sp³-hybridized carbons (Fsp3) is 0.778. The highest BCUT2D eigenvalue weighted by molar-refractivity contribution is 7.57. The van der Waals surface area contributed by atoms with Gasteiger partial charge in [-0.05, 0) is 55.1 Å². The number of likely N-dealkylation sites (N-methyl/N-ethyl adjacent to an activating group) is 4. The van der Waals surface area contributed by atoms with Gasteiger partial charge in [0.1, 0.15) is 0 Å². The van der Waals surface area contributed by atoms with Crippen LogP contribution in [0.4, 0.5) is 0 Å². The molecular weight excluding hydrogens is 331 g/mol. The molecule has 0 aromatic rings. The summed E-state index contributed by atoms with van der Waals surface area (Å²) < 4.78 is 5.21. The lowest BCUT2D eigenvalue weighted by atomic mass is 10.2. The van der Waals surface area contributed by atoms with Crippen molar-refractivity contribution < 1.29 is 0 Å². The molecule has 0 spiro atoms. The maximum atomic E-state index is 2.60. The van der Waals surface area contributed by atoms with E-state index in [1.807, 2.05) is 0 Å². The molecule has 0 unspecified atom stereocenters. The Hall–Kier alpha value is -0.0331. The Morgan fingerprint density at radius 3 is 1.79 bits per heavy atom. The minimum absolute atomic E-state index is 0.393. The normalized spacial score (nSPS) is 16.1. The Kier molecular flexibility index (Phi) is 9.95. The van der Waals surface area contributed by atoms with Gasteiger partial charge in [-0.2, -0.15) is 0 Å². The zero-order valence-corrected chi connectivity index (χ0v) is 19.3. The second-order valence-corrected chi connectivity index (χ2v) is 13.1. The Morgan fingerprint density at radius 1 is 0.875 bits per heavy atom. The third-order valence-corrected chi connectivity index (χ3v) is 9.28. The maximum Gasteiger partial charge on any atom is 0.0715 e. The number of hydrogen-bond donors (Lipinski definition) is 0. The molecule has 0 saturated carbocycles. The lowest BCUT2D eigenvalue weighted by molar-refractivity contribution is 0.343. The van der Waals surface area contributed by atoms with Crippen molar-refractivity contribution >= 4 is 17.0 Å². The number of hydrogen-bond acceptors (Lipinski definition) is 4. The smallest absolute Gasteiger partial charge is 0.0715 e. The van der Waals surface area contributed by atoms with Crippen molar-refractivity contribution in [3.8, 4) is 0 Å². The van der Waals surface area contributed by atoms with E-state index in [4.69, 9.17) is 0 Å². The summed E-state index contributed by atoms with van der Waals surface area (Å²) in [7, 11) is 12.1. The van der Waals surface area contributed by atoms with Gasteiger partial charge in [0.05, 0.1) is 17.0 Å². The van der Waals surface area contributed by atoms with Gasteiger partial charge in [0.25, 0.3) is 0 Å². The molecule has 0 radical (unpaired) electrons. The van der Waals surface area contributed by atoms with Gasteiger partial charge >= 0.3 is 0 Å². The molecule has 0 fully saturated rings. The van der Waals surface area contributed by atoms with E-state index in [1.54, 1.807) is 10.5 Å². The highest BCUT2D eigenvalue weighted by Crippen LogP contribution is 2.53. The van der Waals surface area contributed by atoms with Crippen LogP contribution < -0.4 is 0 Å². The van der Waals surface area contributed by atoms with Crippen molar-refractivity contribution in [1.82, 2.24) is 19.1 Å². The van der Waals surface area contributed by atoms with Gasteiger partial charge in [0.15, 0.2) is 0 Å². The number of allylic oxidation sites excluding steroid dienone is 4. The number of nitrogens with zero attached hydrogens (tertiary/aromatic N) is 4. The molecule has 0 heterocycles. The van der Waals surface area contributed by atoms with Gasteiger partial charge in [-0.25, -0.2) is 0 Å². The molecule has 140 valence electrons. The highest BCUT2D eigenvalue weighted by Gasteiger charge is 2.27. The summed E-state index contributed by atoms with van der Waals surface area (Å²) in [6, 6.07) is 0. The molecule has 1 aliphatic rings. The predicted octanol–water partition coefficient (Wildman–Crippen LogP) is 2.92. The average molecular weight is 371 g/mol. The maximum absolute atomic E-state index is 2.60. The average Bonchev–Trinajstić information content (AvgIpc) is 2.51. The molecule has 0 aromatic heterocycles. The predicted molar refractivity (Wildman–Crippen MR) is 114 cm³/mol. The monoisotopic (exact) mass is 370 g/mol. The first-order chi connectivity index (χ1) is 11.2. The van der Waals surface area contributed by atoms with Crippen LogP contribution in [0.5, 0.6) is 0 Å². The SMILES string of the molecule is CN(C)CCN(C)P(C1=C([SiH](C)C)CCC=C1)N(C)CCN(C)C. The Morgan fingerprint density at radius 2 is 1.38 bits per heavy atom. The minimum atomic E-state index is -0.757. The number of rotatable bonds is 10. The van der Waals surface area contributed by atoms with Crippen LogP contribution in [0.2, 0.25) is 13.1 Å². The van der Waals surface area contributed by atoms with Crippen LogP contribution in [-0.4, -0.2) is 96.4 Å². The van der Waals surface area contributed by atoms with E-state index >= 15 is 0 Å². The molecule has 0 atom stereocenters. The van der Waals surface area contributed by atoms with E-state index in [2.05, 4.69) is 86.7 Å². The van der Waals surface area contributed by atoms with Crippen molar-refractivity contribution in [1.29, 1.82) is 0 Å². The first kappa shape index (κ1) is 22.0. The van der Waals surface area contributed by atoms with Crippen LogP contribution in [0, 0.1) is 0 Å². The van der Waals surface area contributed by atoms with Gasteiger partial charge in [-0.15, -0.1) is 0 Å². The third-order valence-electron chi connectivity index (χ3n) is 4.49. The second kappa shape index (κ2) is 10.8. The van der Waals surface area contributed by atoms with Crippen molar-refractivity contribution in [2.75, 3.05) is 68.5 Å². The molecule has 0 bridgehead atoms. The van der Waals surface area contributed by atoms with E-state index < -0.39 is 17.0 Å². The molecule has 0 saturated heterocycles. The van der Waals surface area contributed by atoms with Crippen molar-refractivity contribution in [2.24, 2.45) is 0 Å². The molecule has 4 nitrogen and oxygen atoms in total. The summed E-state index contributed by atoms with van der Waals surface area (Å²) >= 11 is 0. The largest absolute Gasteiger partial charge is 0.308 e. The lowest BCUT2D eigenvalue weighted by Gasteiger charge is -2.39. The molecule has 6 heteroatoms. The molecule has 0 N–H and O–H groups in total. The first-order valence-corrected chi connectivity index (χ1v) is 13.3. The van der Waals surface area contributed by atoms with Crippen LogP contribution in [-0.2, 0) is 0 Å². The summed E-state index contributed by atoms with van der Waals surface area (Å²) in [6.45, 7) is 9.44. The van der Waals surface area contributed by atoms with Crippen LogP contribution in [0.25, 0.3) is 0 Å². The summed E-state index contributed by atoms with van der Waals surface area (Å²) in [5.74, 6) is 0. The van der Waals surface area contributed by atoms with Crippen molar-refractivity contribution in [3.63, 3.8) is 0 Å². The van der Waals surface area contributed by atoms with E-state index in [0.717, 1.165) is 26.2 Å². The third kappa shape index (κ3) is 7.07. The molecule has 0 aromatic carbocycles. The Labute approximate surface area is 153 Å². The van der Waals surface area contributed by atoms with Gasteiger partial charge in [-0.1, -0.05) is 30.4 Å². The summed E-state index contributed by atoms with van der Waals surface area (Å²) in [5, 5.41) is 3.46. The second-order valence-electron chi connectivity index (χ2n) is 7.66. The molecule has 1 rings (SSSR count). The highest BCUT2D eigenvalue weighted by atomic mass is 31.1. The van der Waals surface area contributed by atoms with Crippen molar-refractivity contribution in [2.45, 2.75) is 25.9 Å². The van der Waals surface area contributed by atoms with Gasteiger partial charge < -0.3 is 9.80 Å². The standard InChI is InChI=1S/C18H39N4PSi/c1-19(2)13-15-21(5)23(22(6)16-14-20(3)4)17-11-9-10-12-18(17)24(7)8/h9,11,24H,10,12-16H2,1-8H3. The van der Waals surface area contributed by atoms with Gasteiger partial charge in [-0.3, -0.25) is 9.34 Å². The van der Waals surface area contributed by atoms with Crippen LogP contribution in [0.1, 0.15) is 12.8 Å². The summed E-state index contributed by atoms with van der Waals surface area (Å²) in [6.07, 6.45) is 7.37. The van der Waals surface area contributed by atoms with Gasteiger partial charge in [0, 0.05) is 31.5 Å². The van der Waals surface area contributed by atoms with Gasteiger partial charge in [0.2, 0.25) is 0 Å². The molecule has 0 aliphatic heterocycles. The molecular formula is C18H39N4PSi.